The molecule has 1 saturated heterocycles. The average Bonchev–Trinajstić information content (AvgIpc) is 3.20. The SMILES string of the molecule is CCOc1ccccc1OCC(=O)N1CCN(C(=O)Cc2cccs2)CC1. The highest BCUT2D eigenvalue weighted by Gasteiger charge is 2.24. The normalized spacial score (nSPS) is 14.1. The molecule has 2 heterocycles. The molecular formula is C20H24N2O4S. The molecule has 1 aromatic heterocycles. The van der Waals surface area contributed by atoms with E-state index in [1.807, 2.05) is 47.5 Å². The molecule has 1 fully saturated rings. The molecule has 144 valence electrons. The molecule has 0 saturated carbocycles. The number of rotatable bonds is 7. The van der Waals surface area contributed by atoms with Crippen molar-refractivity contribution >= 4 is 23.2 Å². The molecule has 0 bridgehead atoms. The monoisotopic (exact) mass is 388 g/mol. The molecule has 0 aliphatic carbocycles. The van der Waals surface area contributed by atoms with E-state index in [1.54, 1.807) is 22.3 Å². The Labute approximate surface area is 163 Å². The van der Waals surface area contributed by atoms with Crippen molar-refractivity contribution in [3.05, 3.63) is 46.7 Å². The fraction of sp³-hybridized carbons (Fsp3) is 0.400. The number of benzene rings is 1. The molecule has 2 aromatic rings. The molecular weight excluding hydrogens is 364 g/mol. The van der Waals surface area contributed by atoms with E-state index in [2.05, 4.69) is 0 Å². The Morgan fingerprint density at radius 1 is 0.926 bits per heavy atom. The van der Waals surface area contributed by atoms with E-state index in [-0.39, 0.29) is 18.4 Å². The van der Waals surface area contributed by atoms with Crippen molar-refractivity contribution in [2.24, 2.45) is 0 Å². The Hall–Kier alpha value is -2.54. The fourth-order valence-electron chi connectivity index (χ4n) is 2.95. The lowest BCUT2D eigenvalue weighted by Gasteiger charge is -2.34. The first-order valence-electron chi connectivity index (χ1n) is 9.10. The zero-order valence-electron chi connectivity index (χ0n) is 15.4. The number of piperazine rings is 1. The summed E-state index contributed by atoms with van der Waals surface area (Å²) in [6.45, 7) is 4.60. The molecule has 0 N–H and O–H groups in total. The Morgan fingerprint density at radius 2 is 1.56 bits per heavy atom. The summed E-state index contributed by atoms with van der Waals surface area (Å²) in [4.78, 5) is 29.4. The van der Waals surface area contributed by atoms with E-state index in [4.69, 9.17) is 9.47 Å². The van der Waals surface area contributed by atoms with Gasteiger partial charge in [0.2, 0.25) is 5.91 Å². The molecule has 1 aromatic carbocycles. The van der Waals surface area contributed by atoms with Crippen molar-refractivity contribution in [1.82, 2.24) is 9.80 Å². The van der Waals surface area contributed by atoms with Gasteiger partial charge in [0.05, 0.1) is 13.0 Å². The number of thiophene rings is 1. The van der Waals surface area contributed by atoms with Crippen LogP contribution in [0.1, 0.15) is 11.8 Å². The molecule has 6 nitrogen and oxygen atoms in total. The van der Waals surface area contributed by atoms with Crippen LogP contribution in [0, 0.1) is 0 Å². The highest BCUT2D eigenvalue weighted by atomic mass is 32.1. The molecule has 2 amide bonds. The number of hydrogen-bond donors (Lipinski definition) is 0. The smallest absolute Gasteiger partial charge is 0.260 e. The van der Waals surface area contributed by atoms with Crippen molar-refractivity contribution in [2.75, 3.05) is 39.4 Å². The first kappa shape index (κ1) is 19.2. The van der Waals surface area contributed by atoms with Crippen molar-refractivity contribution in [2.45, 2.75) is 13.3 Å². The second-order valence-electron chi connectivity index (χ2n) is 6.19. The molecule has 3 rings (SSSR count). The summed E-state index contributed by atoms with van der Waals surface area (Å²) in [5.74, 6) is 1.24. The minimum Gasteiger partial charge on any atom is -0.490 e. The summed E-state index contributed by atoms with van der Waals surface area (Å²) in [5, 5.41) is 1.98. The molecule has 7 heteroatoms. The van der Waals surface area contributed by atoms with Crippen molar-refractivity contribution in [3.63, 3.8) is 0 Å². The zero-order chi connectivity index (χ0) is 19.1. The second kappa shape index (κ2) is 9.41. The summed E-state index contributed by atoms with van der Waals surface area (Å²) in [6, 6.07) is 11.3. The Kier molecular flexibility index (Phi) is 6.70. The number of amides is 2. The zero-order valence-corrected chi connectivity index (χ0v) is 16.2. The minimum absolute atomic E-state index is 0.0345. The van der Waals surface area contributed by atoms with Crippen LogP contribution in [0.3, 0.4) is 0 Å². The van der Waals surface area contributed by atoms with Crippen LogP contribution >= 0.6 is 11.3 Å². The average molecular weight is 388 g/mol. The maximum atomic E-state index is 12.4. The van der Waals surface area contributed by atoms with Crippen LogP contribution in [-0.2, 0) is 16.0 Å². The van der Waals surface area contributed by atoms with E-state index in [0.29, 0.717) is 50.7 Å². The lowest BCUT2D eigenvalue weighted by Crippen LogP contribution is -2.51. The standard InChI is InChI=1S/C20H24N2O4S/c1-2-25-17-7-3-4-8-18(17)26-15-20(24)22-11-9-21(10-12-22)19(23)14-16-6-5-13-27-16/h3-8,13H,2,9-12,14-15H2,1H3. The van der Waals surface area contributed by atoms with Gasteiger partial charge in [-0.05, 0) is 30.5 Å². The Balaban J connectivity index is 1.45. The van der Waals surface area contributed by atoms with Gasteiger partial charge in [0.25, 0.3) is 5.91 Å². The quantitative estimate of drug-likeness (QED) is 0.731. The van der Waals surface area contributed by atoms with Crippen LogP contribution in [0.15, 0.2) is 41.8 Å². The Bertz CT molecular complexity index is 755. The Morgan fingerprint density at radius 3 is 2.15 bits per heavy atom. The number of para-hydroxylation sites is 2. The first-order valence-corrected chi connectivity index (χ1v) is 9.98. The maximum absolute atomic E-state index is 12.4. The van der Waals surface area contributed by atoms with Gasteiger partial charge in [-0.3, -0.25) is 9.59 Å². The van der Waals surface area contributed by atoms with E-state index in [1.165, 1.54) is 0 Å². The number of ether oxygens (including phenoxy) is 2. The van der Waals surface area contributed by atoms with Crippen LogP contribution in [0.25, 0.3) is 0 Å². The van der Waals surface area contributed by atoms with E-state index in [9.17, 15) is 9.59 Å². The summed E-state index contributed by atoms with van der Waals surface area (Å²) >= 11 is 1.59. The lowest BCUT2D eigenvalue weighted by molar-refractivity contribution is -0.140. The topological polar surface area (TPSA) is 59.1 Å². The summed E-state index contributed by atoms with van der Waals surface area (Å²) in [5.41, 5.74) is 0. The highest BCUT2D eigenvalue weighted by Crippen LogP contribution is 2.26. The van der Waals surface area contributed by atoms with Gasteiger partial charge >= 0.3 is 0 Å². The number of carbonyl (C=O) groups excluding carboxylic acids is 2. The number of nitrogens with zero attached hydrogens (tertiary/aromatic N) is 2. The fourth-order valence-corrected chi connectivity index (χ4v) is 3.65. The van der Waals surface area contributed by atoms with Gasteiger partial charge in [0.15, 0.2) is 18.1 Å². The van der Waals surface area contributed by atoms with Gasteiger partial charge in [0.1, 0.15) is 0 Å². The molecule has 0 unspecified atom stereocenters. The minimum atomic E-state index is -0.0772. The predicted octanol–water partition coefficient (Wildman–Crippen LogP) is 2.44. The van der Waals surface area contributed by atoms with Crippen LogP contribution in [0.4, 0.5) is 0 Å². The first-order chi connectivity index (χ1) is 13.2. The summed E-state index contributed by atoms with van der Waals surface area (Å²) in [6.07, 6.45) is 0.433. The summed E-state index contributed by atoms with van der Waals surface area (Å²) < 4.78 is 11.2. The van der Waals surface area contributed by atoms with Crippen LogP contribution in [0.5, 0.6) is 11.5 Å². The third kappa shape index (κ3) is 5.23. The van der Waals surface area contributed by atoms with Gasteiger partial charge in [-0.25, -0.2) is 0 Å². The number of hydrogen-bond acceptors (Lipinski definition) is 5. The van der Waals surface area contributed by atoms with E-state index in [0.717, 1.165) is 4.88 Å². The molecule has 27 heavy (non-hydrogen) atoms. The second-order valence-corrected chi connectivity index (χ2v) is 7.22. The molecule has 1 aliphatic rings. The third-order valence-corrected chi connectivity index (χ3v) is 5.27. The maximum Gasteiger partial charge on any atom is 0.260 e. The number of carbonyl (C=O) groups is 2. The highest BCUT2D eigenvalue weighted by molar-refractivity contribution is 7.10. The van der Waals surface area contributed by atoms with Gasteiger partial charge in [-0.15, -0.1) is 11.3 Å². The van der Waals surface area contributed by atoms with Gasteiger partial charge in [-0.1, -0.05) is 18.2 Å². The van der Waals surface area contributed by atoms with Crippen LogP contribution in [0.2, 0.25) is 0 Å². The van der Waals surface area contributed by atoms with Gasteiger partial charge in [0, 0.05) is 31.1 Å². The van der Waals surface area contributed by atoms with Crippen LogP contribution < -0.4 is 9.47 Å². The molecule has 1 aliphatic heterocycles. The largest absolute Gasteiger partial charge is 0.490 e. The van der Waals surface area contributed by atoms with E-state index >= 15 is 0 Å². The lowest BCUT2D eigenvalue weighted by atomic mass is 10.2. The molecule has 0 radical (unpaired) electrons. The van der Waals surface area contributed by atoms with Crippen LogP contribution in [-0.4, -0.2) is 61.0 Å². The molecule has 0 spiro atoms. The third-order valence-electron chi connectivity index (χ3n) is 4.39. The van der Waals surface area contributed by atoms with Gasteiger partial charge < -0.3 is 19.3 Å². The van der Waals surface area contributed by atoms with Crippen molar-refractivity contribution in [1.29, 1.82) is 0 Å². The van der Waals surface area contributed by atoms with Crippen molar-refractivity contribution < 1.29 is 19.1 Å². The molecule has 0 atom stereocenters. The summed E-state index contributed by atoms with van der Waals surface area (Å²) in [7, 11) is 0. The van der Waals surface area contributed by atoms with Crippen molar-refractivity contribution in [3.8, 4) is 11.5 Å². The predicted molar refractivity (Wildman–Crippen MR) is 104 cm³/mol. The van der Waals surface area contributed by atoms with Gasteiger partial charge in [-0.2, -0.15) is 0 Å². The van der Waals surface area contributed by atoms with E-state index < -0.39 is 0 Å².